The van der Waals surface area contributed by atoms with Gasteiger partial charge in [-0.1, -0.05) is 13.8 Å². The Morgan fingerprint density at radius 3 is 2.95 bits per heavy atom. The van der Waals surface area contributed by atoms with Crippen molar-refractivity contribution in [2.24, 2.45) is 5.41 Å². The Morgan fingerprint density at radius 1 is 1.50 bits per heavy atom. The fraction of sp³-hybridized carbons (Fsp3) is 0.600. The van der Waals surface area contributed by atoms with Gasteiger partial charge in [0, 0.05) is 37.1 Å². The lowest BCUT2D eigenvalue weighted by atomic mass is 9.64. The van der Waals surface area contributed by atoms with Crippen LogP contribution in [0.25, 0.3) is 11.2 Å². The van der Waals surface area contributed by atoms with Crippen molar-refractivity contribution >= 4 is 22.8 Å². The Kier molecular flexibility index (Phi) is 3.46. The molecule has 20 heavy (non-hydrogen) atoms. The normalized spacial score (nSPS) is 24.8. The van der Waals surface area contributed by atoms with E-state index in [1.165, 1.54) is 0 Å². The highest BCUT2D eigenvalue weighted by Crippen LogP contribution is 2.52. The van der Waals surface area contributed by atoms with Gasteiger partial charge in [0.15, 0.2) is 5.65 Å². The van der Waals surface area contributed by atoms with Crippen molar-refractivity contribution in [2.75, 3.05) is 13.0 Å². The second-order valence-corrected chi connectivity index (χ2v) is 6.36. The molecule has 2 heterocycles. The molecule has 0 bridgehead atoms. The molecule has 0 amide bonds. The SMILES string of the molecule is COC1CC(n2c(CCCl)nc3cccnc32)C1(C)C. The van der Waals surface area contributed by atoms with Crippen LogP contribution in [-0.2, 0) is 11.2 Å². The van der Waals surface area contributed by atoms with Crippen molar-refractivity contribution in [2.45, 2.75) is 38.8 Å². The first kappa shape index (κ1) is 13.8. The predicted molar refractivity (Wildman–Crippen MR) is 80.2 cm³/mol. The highest BCUT2D eigenvalue weighted by molar-refractivity contribution is 6.17. The van der Waals surface area contributed by atoms with Crippen LogP contribution in [0.3, 0.4) is 0 Å². The maximum Gasteiger partial charge on any atom is 0.160 e. The van der Waals surface area contributed by atoms with Crippen molar-refractivity contribution in [1.29, 1.82) is 0 Å². The van der Waals surface area contributed by atoms with Crippen LogP contribution in [0.4, 0.5) is 0 Å². The maximum atomic E-state index is 5.93. The molecule has 108 valence electrons. The van der Waals surface area contributed by atoms with Gasteiger partial charge in [-0.05, 0) is 18.6 Å². The van der Waals surface area contributed by atoms with Crippen LogP contribution in [0.15, 0.2) is 18.3 Å². The van der Waals surface area contributed by atoms with E-state index in [1.807, 2.05) is 18.3 Å². The van der Waals surface area contributed by atoms with Crippen molar-refractivity contribution in [1.82, 2.24) is 14.5 Å². The molecule has 3 rings (SSSR count). The number of pyridine rings is 1. The Hall–Kier alpha value is -1.13. The number of fused-ring (bicyclic) bond motifs is 1. The largest absolute Gasteiger partial charge is 0.381 e. The summed E-state index contributed by atoms with van der Waals surface area (Å²) in [5, 5.41) is 0. The van der Waals surface area contributed by atoms with Crippen LogP contribution >= 0.6 is 11.6 Å². The molecule has 1 aliphatic rings. The molecule has 0 aliphatic heterocycles. The van der Waals surface area contributed by atoms with Crippen LogP contribution in [0, 0.1) is 5.41 Å². The van der Waals surface area contributed by atoms with E-state index < -0.39 is 0 Å². The summed E-state index contributed by atoms with van der Waals surface area (Å²) in [5.74, 6) is 1.60. The molecule has 0 radical (unpaired) electrons. The van der Waals surface area contributed by atoms with Crippen LogP contribution in [0.2, 0.25) is 0 Å². The lowest BCUT2D eigenvalue weighted by molar-refractivity contribution is -0.112. The Morgan fingerprint density at radius 2 is 2.30 bits per heavy atom. The standard InChI is InChI=1S/C15H20ClN3O/c1-15(2)11(9-12(15)20-3)19-13(6-7-16)18-10-5-4-8-17-14(10)19/h4-5,8,11-12H,6-7,9H2,1-3H3. The molecule has 2 aromatic rings. The quantitative estimate of drug-likeness (QED) is 0.813. The molecule has 0 spiro atoms. The number of imidazole rings is 1. The van der Waals surface area contributed by atoms with Crippen LogP contribution in [-0.4, -0.2) is 33.6 Å². The summed E-state index contributed by atoms with van der Waals surface area (Å²) in [6.45, 7) is 4.49. The lowest BCUT2D eigenvalue weighted by Crippen LogP contribution is -2.51. The molecule has 0 aromatic carbocycles. The molecule has 1 aliphatic carbocycles. The van der Waals surface area contributed by atoms with E-state index in [0.717, 1.165) is 29.8 Å². The van der Waals surface area contributed by atoms with E-state index in [1.54, 1.807) is 7.11 Å². The molecule has 2 aromatic heterocycles. The molecule has 2 atom stereocenters. The fourth-order valence-electron chi connectivity index (χ4n) is 3.27. The van der Waals surface area contributed by atoms with Gasteiger partial charge in [-0.3, -0.25) is 0 Å². The van der Waals surface area contributed by atoms with E-state index >= 15 is 0 Å². The van der Waals surface area contributed by atoms with Gasteiger partial charge in [-0.15, -0.1) is 11.6 Å². The molecule has 5 heteroatoms. The summed E-state index contributed by atoms with van der Waals surface area (Å²) in [6.07, 6.45) is 3.88. The number of aromatic nitrogens is 3. The van der Waals surface area contributed by atoms with Gasteiger partial charge in [0.05, 0.1) is 6.10 Å². The minimum Gasteiger partial charge on any atom is -0.381 e. The van der Waals surface area contributed by atoms with Gasteiger partial charge < -0.3 is 9.30 Å². The van der Waals surface area contributed by atoms with Crippen LogP contribution < -0.4 is 0 Å². The van der Waals surface area contributed by atoms with Gasteiger partial charge in [-0.2, -0.15) is 0 Å². The first-order valence-electron chi connectivity index (χ1n) is 7.00. The van der Waals surface area contributed by atoms with Crippen molar-refractivity contribution in [3.63, 3.8) is 0 Å². The average molecular weight is 294 g/mol. The van der Waals surface area contributed by atoms with Gasteiger partial charge in [0.1, 0.15) is 11.3 Å². The highest BCUT2D eigenvalue weighted by atomic mass is 35.5. The smallest absolute Gasteiger partial charge is 0.160 e. The molecular formula is C15H20ClN3O. The number of alkyl halides is 1. The third-order valence-corrected chi connectivity index (χ3v) is 4.75. The third kappa shape index (κ3) is 1.93. The van der Waals surface area contributed by atoms with E-state index in [2.05, 4.69) is 23.4 Å². The molecule has 2 unspecified atom stereocenters. The van der Waals surface area contributed by atoms with E-state index in [-0.39, 0.29) is 11.5 Å². The lowest BCUT2D eigenvalue weighted by Gasteiger charge is -2.51. The molecule has 0 saturated heterocycles. The Bertz CT molecular complexity index is 623. The van der Waals surface area contributed by atoms with Crippen molar-refractivity contribution < 1.29 is 4.74 Å². The fourth-order valence-corrected chi connectivity index (χ4v) is 3.44. The maximum absolute atomic E-state index is 5.93. The second kappa shape index (κ2) is 5.01. The van der Waals surface area contributed by atoms with E-state index in [4.69, 9.17) is 21.3 Å². The molecule has 4 nitrogen and oxygen atoms in total. The van der Waals surface area contributed by atoms with Gasteiger partial charge in [0.2, 0.25) is 0 Å². The van der Waals surface area contributed by atoms with Crippen LogP contribution in [0.5, 0.6) is 0 Å². The van der Waals surface area contributed by atoms with Crippen LogP contribution in [0.1, 0.15) is 32.1 Å². The predicted octanol–water partition coefficient (Wildman–Crippen LogP) is 3.20. The number of nitrogens with zero attached hydrogens (tertiary/aromatic N) is 3. The first-order chi connectivity index (χ1) is 9.59. The van der Waals surface area contributed by atoms with E-state index in [0.29, 0.717) is 11.9 Å². The topological polar surface area (TPSA) is 39.9 Å². The zero-order valence-corrected chi connectivity index (χ0v) is 12.9. The van der Waals surface area contributed by atoms with E-state index in [9.17, 15) is 0 Å². The monoisotopic (exact) mass is 293 g/mol. The number of halogens is 1. The summed E-state index contributed by atoms with van der Waals surface area (Å²) in [5.41, 5.74) is 1.99. The Balaban J connectivity index is 2.08. The number of methoxy groups -OCH3 is 1. The summed E-state index contributed by atoms with van der Waals surface area (Å²) < 4.78 is 7.83. The number of hydrogen-bond donors (Lipinski definition) is 0. The Labute approximate surface area is 124 Å². The van der Waals surface area contributed by atoms with Crippen molar-refractivity contribution in [3.8, 4) is 0 Å². The van der Waals surface area contributed by atoms with Gasteiger partial charge in [-0.25, -0.2) is 9.97 Å². The molecule has 0 N–H and O–H groups in total. The highest BCUT2D eigenvalue weighted by Gasteiger charge is 2.50. The average Bonchev–Trinajstić information content (AvgIpc) is 2.77. The number of aryl methyl sites for hydroxylation is 1. The first-order valence-corrected chi connectivity index (χ1v) is 7.53. The summed E-state index contributed by atoms with van der Waals surface area (Å²) in [7, 11) is 1.78. The minimum atomic E-state index is 0.0843. The summed E-state index contributed by atoms with van der Waals surface area (Å²) >= 11 is 5.93. The molecular weight excluding hydrogens is 274 g/mol. The zero-order valence-electron chi connectivity index (χ0n) is 12.1. The number of ether oxygens (including phenoxy) is 1. The number of hydrogen-bond acceptors (Lipinski definition) is 3. The zero-order chi connectivity index (χ0) is 14.3. The minimum absolute atomic E-state index is 0.0843. The third-order valence-electron chi connectivity index (χ3n) is 4.56. The summed E-state index contributed by atoms with van der Waals surface area (Å²) in [6, 6.07) is 4.30. The van der Waals surface area contributed by atoms with Gasteiger partial charge >= 0.3 is 0 Å². The molecule has 1 saturated carbocycles. The van der Waals surface area contributed by atoms with Gasteiger partial charge in [0.25, 0.3) is 0 Å². The summed E-state index contributed by atoms with van der Waals surface area (Å²) in [4.78, 5) is 9.22. The second-order valence-electron chi connectivity index (χ2n) is 5.98. The van der Waals surface area contributed by atoms with Crippen molar-refractivity contribution in [3.05, 3.63) is 24.2 Å². The molecule has 1 fully saturated rings. The number of rotatable bonds is 4.